The van der Waals surface area contributed by atoms with Gasteiger partial charge >= 0.3 is 0 Å². The van der Waals surface area contributed by atoms with E-state index in [4.69, 9.17) is 4.98 Å². The first kappa shape index (κ1) is 26.2. The smallest absolute Gasteiger partial charge is 0.0741 e. The van der Waals surface area contributed by atoms with Gasteiger partial charge in [0, 0.05) is 53.7 Å². The summed E-state index contributed by atoms with van der Waals surface area (Å²) >= 11 is 1.87. The van der Waals surface area contributed by atoms with Gasteiger partial charge in [-0.2, -0.15) is 0 Å². The Labute approximate surface area is 266 Å². The molecule has 1 aliphatic rings. The maximum Gasteiger partial charge on any atom is 0.0741 e. The van der Waals surface area contributed by atoms with Crippen molar-refractivity contribution in [2.24, 2.45) is 0 Å². The second-order valence-corrected chi connectivity index (χ2v) is 13.0. The van der Waals surface area contributed by atoms with Gasteiger partial charge in [-0.15, -0.1) is 11.3 Å². The van der Waals surface area contributed by atoms with Gasteiger partial charge in [-0.05, 0) is 66.9 Å². The molecule has 0 radical (unpaired) electrons. The number of nitrogens with zero attached hydrogens (tertiary/aromatic N) is 2. The van der Waals surface area contributed by atoms with Crippen LogP contribution in [0.25, 0.3) is 70.2 Å². The van der Waals surface area contributed by atoms with Gasteiger partial charge in [0.05, 0.1) is 22.4 Å². The third kappa shape index (κ3) is 4.27. The minimum atomic E-state index is 0.349. The Morgan fingerprint density at radius 2 is 1.42 bits per heavy atom. The molecule has 0 fully saturated rings. The van der Waals surface area contributed by atoms with Gasteiger partial charge in [0.25, 0.3) is 0 Å². The summed E-state index contributed by atoms with van der Waals surface area (Å²) in [5, 5.41) is 5.24. The van der Waals surface area contributed by atoms with Gasteiger partial charge in [0.1, 0.15) is 0 Å². The second-order valence-electron chi connectivity index (χ2n) is 12.0. The number of para-hydroxylation sites is 1. The first-order valence-corrected chi connectivity index (χ1v) is 16.4. The van der Waals surface area contributed by atoms with Crippen molar-refractivity contribution in [3.63, 3.8) is 0 Å². The van der Waals surface area contributed by atoms with Crippen molar-refractivity contribution in [1.82, 2.24) is 9.55 Å². The first-order valence-electron chi connectivity index (χ1n) is 15.6. The second kappa shape index (κ2) is 10.4. The number of thiophene rings is 1. The third-order valence-corrected chi connectivity index (χ3v) is 10.5. The summed E-state index contributed by atoms with van der Waals surface area (Å²) in [7, 11) is 0. The number of fused-ring (bicyclic) bond motifs is 6. The highest BCUT2D eigenvalue weighted by atomic mass is 32.1. The molecule has 3 heterocycles. The number of benzene rings is 5. The van der Waals surface area contributed by atoms with Crippen molar-refractivity contribution in [2.45, 2.75) is 19.3 Å². The Balaban J connectivity index is 1.21. The Morgan fingerprint density at radius 1 is 0.644 bits per heavy atom. The van der Waals surface area contributed by atoms with Crippen molar-refractivity contribution in [1.29, 1.82) is 0 Å². The van der Waals surface area contributed by atoms with E-state index in [1.807, 2.05) is 11.3 Å². The molecule has 1 unspecified atom stereocenters. The molecule has 0 saturated carbocycles. The number of pyridine rings is 1. The first-order chi connectivity index (χ1) is 22.2. The fourth-order valence-electron chi connectivity index (χ4n) is 7.10. The van der Waals surface area contributed by atoms with Crippen LogP contribution in [0, 0.1) is 6.92 Å². The lowest BCUT2D eigenvalue weighted by atomic mass is 9.87. The summed E-state index contributed by atoms with van der Waals surface area (Å²) in [6, 6.07) is 44.2. The Morgan fingerprint density at radius 3 is 2.24 bits per heavy atom. The summed E-state index contributed by atoms with van der Waals surface area (Å²) in [5.74, 6) is 0.349. The van der Waals surface area contributed by atoms with Crippen LogP contribution >= 0.6 is 11.3 Å². The molecule has 9 rings (SSSR count). The van der Waals surface area contributed by atoms with Crippen molar-refractivity contribution in [2.75, 3.05) is 0 Å². The lowest BCUT2D eigenvalue weighted by Gasteiger charge is -2.20. The van der Waals surface area contributed by atoms with E-state index in [0.717, 1.165) is 34.6 Å². The topological polar surface area (TPSA) is 17.8 Å². The van der Waals surface area contributed by atoms with Gasteiger partial charge in [0.15, 0.2) is 0 Å². The van der Waals surface area contributed by atoms with Crippen LogP contribution in [0.5, 0.6) is 0 Å². The highest BCUT2D eigenvalue weighted by molar-refractivity contribution is 7.25. The normalized spacial score (nSPS) is 14.7. The summed E-state index contributed by atoms with van der Waals surface area (Å²) in [5.41, 5.74) is 10.6. The molecule has 214 valence electrons. The number of hydrogen-bond acceptors (Lipinski definition) is 2. The van der Waals surface area contributed by atoms with Gasteiger partial charge in [0.2, 0.25) is 0 Å². The Bertz CT molecular complexity index is 2460. The lowest BCUT2D eigenvalue weighted by molar-refractivity contribution is 0.843. The molecule has 0 aliphatic heterocycles. The summed E-state index contributed by atoms with van der Waals surface area (Å²) in [6.45, 7) is 2.23. The highest BCUT2D eigenvalue weighted by Crippen LogP contribution is 2.41. The van der Waals surface area contributed by atoms with E-state index in [2.05, 4.69) is 157 Å². The zero-order valence-electron chi connectivity index (χ0n) is 24.9. The maximum absolute atomic E-state index is 5.27. The number of aromatic nitrogens is 2. The van der Waals surface area contributed by atoms with Crippen LogP contribution in [0.1, 0.15) is 23.5 Å². The van der Waals surface area contributed by atoms with Gasteiger partial charge in [-0.25, -0.2) is 4.98 Å². The van der Waals surface area contributed by atoms with Gasteiger partial charge in [-0.1, -0.05) is 103 Å². The zero-order chi connectivity index (χ0) is 29.9. The van der Waals surface area contributed by atoms with Crippen molar-refractivity contribution in [3.8, 4) is 28.2 Å². The summed E-state index contributed by atoms with van der Waals surface area (Å²) < 4.78 is 5.07. The molecule has 45 heavy (non-hydrogen) atoms. The number of allylic oxidation sites excluding steroid dienone is 4. The molecule has 0 amide bonds. The molecule has 3 heteroatoms. The lowest BCUT2D eigenvalue weighted by Crippen LogP contribution is -2.04. The minimum absolute atomic E-state index is 0.349. The molecule has 1 aliphatic carbocycles. The minimum Gasteiger partial charge on any atom is -0.309 e. The van der Waals surface area contributed by atoms with E-state index < -0.39 is 0 Å². The van der Waals surface area contributed by atoms with Crippen molar-refractivity contribution >= 4 is 53.3 Å². The van der Waals surface area contributed by atoms with Crippen LogP contribution in [0.15, 0.2) is 146 Å². The Kier molecular flexibility index (Phi) is 6.07. The van der Waals surface area contributed by atoms with E-state index >= 15 is 0 Å². The molecule has 8 aromatic rings. The Hall–Kier alpha value is -5.25. The fraction of sp³-hybridized carbons (Fsp3) is 0.0714. The predicted molar refractivity (Wildman–Crippen MR) is 193 cm³/mol. The monoisotopic (exact) mass is 594 g/mol. The van der Waals surface area contributed by atoms with Gasteiger partial charge in [-0.3, -0.25) is 0 Å². The molecule has 0 saturated heterocycles. The molecular weight excluding hydrogens is 565 g/mol. The molecule has 1 atom stereocenters. The summed E-state index contributed by atoms with van der Waals surface area (Å²) in [6.07, 6.45) is 9.91. The molecule has 0 N–H and O–H groups in total. The molecule has 0 spiro atoms. The number of hydrogen-bond donors (Lipinski definition) is 0. The van der Waals surface area contributed by atoms with E-state index in [1.54, 1.807) is 0 Å². The SMILES string of the molecule is Cc1c(C2C=CC=CC2)cc(-c2ccccc2)nc1-c1ccc(-n2c3ccccc3c3cc4c(cc32)sc2ccccc24)cc1. The quantitative estimate of drug-likeness (QED) is 0.198. The zero-order valence-corrected chi connectivity index (χ0v) is 25.8. The van der Waals surface area contributed by atoms with E-state index in [9.17, 15) is 0 Å². The van der Waals surface area contributed by atoms with Gasteiger partial charge < -0.3 is 4.57 Å². The van der Waals surface area contributed by atoms with Crippen LogP contribution in [0.4, 0.5) is 0 Å². The molecule has 3 aromatic heterocycles. The highest BCUT2D eigenvalue weighted by Gasteiger charge is 2.19. The molecule has 2 nitrogen and oxygen atoms in total. The van der Waals surface area contributed by atoms with E-state index in [1.165, 1.54) is 53.1 Å². The van der Waals surface area contributed by atoms with Crippen molar-refractivity contribution in [3.05, 3.63) is 157 Å². The molecule has 0 bridgehead atoms. The van der Waals surface area contributed by atoms with Crippen molar-refractivity contribution < 1.29 is 0 Å². The van der Waals surface area contributed by atoms with Crippen LogP contribution in [-0.2, 0) is 0 Å². The van der Waals surface area contributed by atoms with Crippen LogP contribution in [0.3, 0.4) is 0 Å². The average molecular weight is 595 g/mol. The van der Waals surface area contributed by atoms with E-state index in [0.29, 0.717) is 5.92 Å². The van der Waals surface area contributed by atoms with Crippen LogP contribution in [-0.4, -0.2) is 9.55 Å². The summed E-state index contributed by atoms with van der Waals surface area (Å²) in [4.78, 5) is 5.27. The third-order valence-electron chi connectivity index (χ3n) is 9.33. The average Bonchev–Trinajstić information content (AvgIpc) is 3.63. The van der Waals surface area contributed by atoms with Crippen LogP contribution in [0.2, 0.25) is 0 Å². The molecule has 5 aromatic carbocycles. The van der Waals surface area contributed by atoms with Crippen LogP contribution < -0.4 is 0 Å². The standard InChI is InChI=1S/C42H30N2S/c1-27-34(28-12-4-2-5-13-28)25-37(29-14-6-3-7-15-29)43-42(27)30-20-22-31(23-21-30)44-38-18-10-8-16-32(38)35-24-36-33-17-9-11-19-40(33)45-41(36)26-39(35)44/h2-12,14-26,28H,13H2,1H3. The van der Waals surface area contributed by atoms with E-state index in [-0.39, 0.29) is 0 Å². The predicted octanol–water partition coefficient (Wildman–Crippen LogP) is 11.8. The number of rotatable bonds is 4. The largest absolute Gasteiger partial charge is 0.309 e. The maximum atomic E-state index is 5.27. The fourth-order valence-corrected chi connectivity index (χ4v) is 8.22. The molecular formula is C42H30N2S.